The number of nitrogens with zero attached hydrogens (tertiary/aromatic N) is 3. The first kappa shape index (κ1) is 20.9. The highest BCUT2D eigenvalue weighted by atomic mass is 79.9. The molecule has 0 radical (unpaired) electrons. The molecule has 0 saturated carbocycles. The minimum Gasteiger partial charge on any atom is -0.387 e. The molecule has 0 spiro atoms. The van der Waals surface area contributed by atoms with Crippen LogP contribution in [-0.2, 0) is 13.0 Å². The van der Waals surface area contributed by atoms with Gasteiger partial charge in [-0.15, -0.1) is 0 Å². The van der Waals surface area contributed by atoms with Crippen molar-refractivity contribution in [3.63, 3.8) is 0 Å². The van der Waals surface area contributed by atoms with Gasteiger partial charge in [-0.05, 0) is 61.8 Å². The third-order valence-electron chi connectivity index (χ3n) is 5.57. The quantitative estimate of drug-likeness (QED) is 0.712. The zero-order valence-electron chi connectivity index (χ0n) is 16.9. The Morgan fingerprint density at radius 2 is 2.07 bits per heavy atom. The number of aromatic nitrogens is 1. The third kappa shape index (κ3) is 4.67. The van der Waals surface area contributed by atoms with E-state index in [0.717, 1.165) is 29.7 Å². The Bertz CT molecular complexity index is 939. The number of likely N-dealkylation sites (tertiary alicyclic amines) is 1. The van der Waals surface area contributed by atoms with E-state index in [1.54, 1.807) is 11.0 Å². The fourth-order valence-electron chi connectivity index (χ4n) is 3.84. The fourth-order valence-corrected chi connectivity index (χ4v) is 4.09. The molecule has 4 rings (SSSR count). The first-order chi connectivity index (χ1) is 14.5. The van der Waals surface area contributed by atoms with Crippen LogP contribution in [0.4, 0.5) is 4.79 Å². The van der Waals surface area contributed by atoms with Gasteiger partial charge in [0.2, 0.25) is 0 Å². The molecule has 8 nitrogen and oxygen atoms in total. The Balaban J connectivity index is 1.36. The molecule has 1 aromatic carbocycles. The van der Waals surface area contributed by atoms with Crippen molar-refractivity contribution in [2.24, 2.45) is 0 Å². The van der Waals surface area contributed by atoms with Gasteiger partial charge in [0.1, 0.15) is 5.76 Å². The van der Waals surface area contributed by atoms with E-state index in [1.165, 1.54) is 12.8 Å². The lowest BCUT2D eigenvalue weighted by Gasteiger charge is -2.26. The van der Waals surface area contributed by atoms with E-state index in [9.17, 15) is 9.59 Å². The van der Waals surface area contributed by atoms with Gasteiger partial charge in [-0.2, -0.15) is 0 Å². The molecule has 1 saturated heterocycles. The SMILES string of the molecule is Cc1cc(C(=O)N2CCc3onc(OC(=O)NCCN4CCCC4)c3C2)ccc1Br. The highest BCUT2D eigenvalue weighted by Crippen LogP contribution is 2.29. The number of hydrogen-bond donors (Lipinski definition) is 1. The molecular weight excluding hydrogens is 452 g/mol. The molecule has 1 fully saturated rings. The summed E-state index contributed by atoms with van der Waals surface area (Å²) in [5, 5.41) is 6.66. The van der Waals surface area contributed by atoms with Gasteiger partial charge in [0.15, 0.2) is 0 Å². The average Bonchev–Trinajstić information content (AvgIpc) is 3.39. The molecule has 1 aromatic heterocycles. The van der Waals surface area contributed by atoms with Gasteiger partial charge in [-0.3, -0.25) is 4.79 Å². The first-order valence-corrected chi connectivity index (χ1v) is 11.0. The van der Waals surface area contributed by atoms with Crippen molar-refractivity contribution < 1.29 is 18.8 Å². The summed E-state index contributed by atoms with van der Waals surface area (Å²) in [7, 11) is 0. The summed E-state index contributed by atoms with van der Waals surface area (Å²) >= 11 is 3.46. The van der Waals surface area contributed by atoms with Crippen LogP contribution >= 0.6 is 15.9 Å². The molecule has 2 amide bonds. The Labute approximate surface area is 183 Å². The lowest BCUT2D eigenvalue weighted by molar-refractivity contribution is 0.0728. The van der Waals surface area contributed by atoms with Crippen molar-refractivity contribution in [3.8, 4) is 5.88 Å². The number of fused-ring (bicyclic) bond motifs is 1. The average molecular weight is 477 g/mol. The number of aryl methyl sites for hydroxylation is 1. The van der Waals surface area contributed by atoms with E-state index in [1.807, 2.05) is 19.1 Å². The van der Waals surface area contributed by atoms with E-state index in [4.69, 9.17) is 9.26 Å². The number of hydrogen-bond acceptors (Lipinski definition) is 6. The predicted molar refractivity (Wildman–Crippen MR) is 114 cm³/mol. The molecule has 2 aromatic rings. The lowest BCUT2D eigenvalue weighted by Crippen LogP contribution is -2.37. The van der Waals surface area contributed by atoms with Crippen LogP contribution in [0.5, 0.6) is 5.88 Å². The molecule has 9 heteroatoms. The molecular formula is C21H25BrN4O4. The van der Waals surface area contributed by atoms with E-state index >= 15 is 0 Å². The maximum Gasteiger partial charge on any atom is 0.414 e. The maximum absolute atomic E-state index is 12.9. The summed E-state index contributed by atoms with van der Waals surface area (Å²) in [5.74, 6) is 0.720. The largest absolute Gasteiger partial charge is 0.414 e. The summed E-state index contributed by atoms with van der Waals surface area (Å²) in [4.78, 5) is 29.1. The normalized spacial score (nSPS) is 16.4. The van der Waals surface area contributed by atoms with Crippen LogP contribution in [0.1, 0.15) is 40.1 Å². The molecule has 0 aliphatic carbocycles. The maximum atomic E-state index is 12.9. The molecule has 0 unspecified atom stereocenters. The number of nitrogens with one attached hydrogen (secondary N) is 1. The molecule has 2 aliphatic rings. The van der Waals surface area contributed by atoms with Gasteiger partial charge < -0.3 is 24.4 Å². The van der Waals surface area contributed by atoms with Crippen LogP contribution < -0.4 is 10.1 Å². The second-order valence-electron chi connectivity index (χ2n) is 7.70. The summed E-state index contributed by atoms with van der Waals surface area (Å²) in [6.07, 6.45) is 2.40. The highest BCUT2D eigenvalue weighted by molar-refractivity contribution is 9.10. The zero-order valence-corrected chi connectivity index (χ0v) is 18.5. The third-order valence-corrected chi connectivity index (χ3v) is 6.46. The van der Waals surface area contributed by atoms with E-state index in [2.05, 4.69) is 31.3 Å². The predicted octanol–water partition coefficient (Wildman–Crippen LogP) is 3.13. The monoisotopic (exact) mass is 476 g/mol. The Kier molecular flexibility index (Phi) is 6.38. The van der Waals surface area contributed by atoms with Crippen molar-refractivity contribution in [2.75, 3.05) is 32.7 Å². The molecule has 160 valence electrons. The van der Waals surface area contributed by atoms with Crippen molar-refractivity contribution >= 4 is 27.9 Å². The van der Waals surface area contributed by atoms with E-state index < -0.39 is 6.09 Å². The molecule has 3 heterocycles. The minimum atomic E-state index is -0.558. The highest BCUT2D eigenvalue weighted by Gasteiger charge is 2.29. The lowest BCUT2D eigenvalue weighted by atomic mass is 10.1. The standard InChI is InChI=1S/C21H25BrN4O4/c1-14-12-15(4-5-17(14)22)20(27)26-10-6-18-16(13-26)19(24-30-18)29-21(28)23-7-11-25-8-2-3-9-25/h4-5,12H,2-3,6-11,13H2,1H3,(H,23,28). The smallest absolute Gasteiger partial charge is 0.387 e. The topological polar surface area (TPSA) is 87.9 Å². The molecule has 1 N–H and O–H groups in total. The summed E-state index contributed by atoms with van der Waals surface area (Å²) in [6.45, 7) is 6.25. The molecule has 0 atom stereocenters. The van der Waals surface area contributed by atoms with Crippen LogP contribution in [0, 0.1) is 6.92 Å². The van der Waals surface area contributed by atoms with Crippen LogP contribution in [0.3, 0.4) is 0 Å². The Morgan fingerprint density at radius 3 is 2.83 bits per heavy atom. The molecule has 30 heavy (non-hydrogen) atoms. The van der Waals surface area contributed by atoms with Gasteiger partial charge in [-0.1, -0.05) is 15.9 Å². The minimum absolute atomic E-state index is 0.0709. The van der Waals surface area contributed by atoms with Crippen molar-refractivity contribution in [1.29, 1.82) is 0 Å². The number of carbonyl (C=O) groups excluding carboxylic acids is 2. The molecule has 2 aliphatic heterocycles. The van der Waals surface area contributed by atoms with Crippen molar-refractivity contribution in [2.45, 2.75) is 32.7 Å². The number of carbonyl (C=O) groups is 2. The Morgan fingerprint density at radius 1 is 1.27 bits per heavy atom. The second kappa shape index (κ2) is 9.18. The summed E-state index contributed by atoms with van der Waals surface area (Å²) in [6, 6.07) is 5.53. The first-order valence-electron chi connectivity index (χ1n) is 10.2. The van der Waals surface area contributed by atoms with Crippen LogP contribution in [-0.4, -0.2) is 59.7 Å². The van der Waals surface area contributed by atoms with Gasteiger partial charge in [0.25, 0.3) is 11.8 Å². The van der Waals surface area contributed by atoms with Gasteiger partial charge in [0.05, 0.1) is 12.1 Å². The fraction of sp³-hybridized carbons (Fsp3) is 0.476. The van der Waals surface area contributed by atoms with Crippen molar-refractivity contribution in [3.05, 3.63) is 45.1 Å². The number of ether oxygens (including phenoxy) is 1. The summed E-state index contributed by atoms with van der Waals surface area (Å²) in [5.41, 5.74) is 2.27. The van der Waals surface area contributed by atoms with Gasteiger partial charge in [0, 0.05) is 36.1 Å². The van der Waals surface area contributed by atoms with Crippen LogP contribution in [0.25, 0.3) is 0 Å². The van der Waals surface area contributed by atoms with Crippen molar-refractivity contribution in [1.82, 2.24) is 20.3 Å². The van der Waals surface area contributed by atoms with Gasteiger partial charge >= 0.3 is 6.09 Å². The number of amides is 2. The second-order valence-corrected chi connectivity index (χ2v) is 8.55. The van der Waals surface area contributed by atoms with Crippen LogP contribution in [0.2, 0.25) is 0 Å². The van der Waals surface area contributed by atoms with Gasteiger partial charge in [-0.25, -0.2) is 4.79 Å². The zero-order chi connectivity index (χ0) is 21.1. The van der Waals surface area contributed by atoms with E-state index in [-0.39, 0.29) is 11.8 Å². The van der Waals surface area contributed by atoms with Crippen LogP contribution in [0.15, 0.2) is 27.2 Å². The molecule has 0 bridgehead atoms. The van der Waals surface area contributed by atoms with E-state index in [0.29, 0.717) is 42.9 Å². The number of rotatable bonds is 5. The Hall–Kier alpha value is -2.39. The summed E-state index contributed by atoms with van der Waals surface area (Å²) < 4.78 is 11.7. The number of halogens is 1. The number of benzene rings is 1.